The molecule has 0 aliphatic carbocycles. The van der Waals surface area contributed by atoms with Gasteiger partial charge >= 0.3 is 0 Å². The highest BCUT2D eigenvalue weighted by molar-refractivity contribution is 6.15. The van der Waals surface area contributed by atoms with E-state index >= 15 is 0 Å². The van der Waals surface area contributed by atoms with Crippen LogP contribution in [-0.2, 0) is 0 Å². The lowest BCUT2D eigenvalue weighted by atomic mass is 9.97. The van der Waals surface area contributed by atoms with Gasteiger partial charge < -0.3 is 10.6 Å². The minimum Gasteiger partial charge on any atom is -0.348 e. The van der Waals surface area contributed by atoms with E-state index in [4.69, 9.17) is 0 Å². The van der Waals surface area contributed by atoms with E-state index in [1.807, 2.05) is 18.2 Å². The number of benzene rings is 2. The quantitative estimate of drug-likeness (QED) is 0.853. The Morgan fingerprint density at radius 1 is 0.957 bits per heavy atom. The van der Waals surface area contributed by atoms with Gasteiger partial charge in [-0.05, 0) is 25.5 Å². The van der Waals surface area contributed by atoms with Gasteiger partial charge in [-0.25, -0.2) is 0 Å². The zero-order valence-corrected chi connectivity index (χ0v) is 12.9. The molecule has 118 valence electrons. The summed E-state index contributed by atoms with van der Waals surface area (Å²) < 4.78 is 0. The van der Waals surface area contributed by atoms with Crippen molar-refractivity contribution in [3.8, 4) is 0 Å². The molecular weight excluding hydrogens is 288 g/mol. The lowest BCUT2D eigenvalue weighted by Crippen LogP contribution is -2.45. The standard InChI is InChI=1S/C19H20N2O2/c22-18(14-7-2-1-3-8-14)16-10-4-5-11-17(16)19(23)21-15-9-6-12-20-13-15/h1-5,7-8,10-11,15,20H,6,9,12-13H2,(H,21,23). The van der Waals surface area contributed by atoms with Gasteiger partial charge in [0, 0.05) is 23.7 Å². The minimum atomic E-state index is -0.182. The van der Waals surface area contributed by atoms with E-state index in [0.717, 1.165) is 25.9 Å². The Kier molecular flexibility index (Phi) is 4.83. The highest BCUT2D eigenvalue weighted by atomic mass is 16.2. The Bertz CT molecular complexity index is 692. The SMILES string of the molecule is O=C(NC1CCCNC1)c1ccccc1C(=O)c1ccccc1. The number of piperidine rings is 1. The lowest BCUT2D eigenvalue weighted by Gasteiger charge is -2.24. The molecule has 0 radical (unpaired) electrons. The summed E-state index contributed by atoms with van der Waals surface area (Å²) in [7, 11) is 0. The topological polar surface area (TPSA) is 58.2 Å². The van der Waals surface area contributed by atoms with Crippen molar-refractivity contribution in [3.63, 3.8) is 0 Å². The number of rotatable bonds is 4. The fourth-order valence-electron chi connectivity index (χ4n) is 2.86. The Hall–Kier alpha value is -2.46. The van der Waals surface area contributed by atoms with Gasteiger partial charge in [0.15, 0.2) is 5.78 Å². The monoisotopic (exact) mass is 308 g/mol. The molecule has 1 heterocycles. The van der Waals surface area contributed by atoms with Crippen molar-refractivity contribution in [1.29, 1.82) is 0 Å². The van der Waals surface area contributed by atoms with Gasteiger partial charge in [0.05, 0.1) is 5.56 Å². The number of amides is 1. The van der Waals surface area contributed by atoms with E-state index in [1.165, 1.54) is 0 Å². The van der Waals surface area contributed by atoms with Crippen molar-refractivity contribution in [2.75, 3.05) is 13.1 Å². The lowest BCUT2D eigenvalue weighted by molar-refractivity contribution is 0.0921. The Balaban J connectivity index is 1.82. The largest absolute Gasteiger partial charge is 0.348 e. The molecule has 1 unspecified atom stereocenters. The van der Waals surface area contributed by atoms with Crippen LogP contribution in [0.3, 0.4) is 0 Å². The third-order valence-electron chi connectivity index (χ3n) is 4.08. The second kappa shape index (κ2) is 7.20. The molecule has 1 saturated heterocycles. The van der Waals surface area contributed by atoms with E-state index < -0.39 is 0 Å². The number of carbonyl (C=O) groups excluding carboxylic acids is 2. The molecule has 1 amide bonds. The van der Waals surface area contributed by atoms with Crippen molar-refractivity contribution < 1.29 is 9.59 Å². The molecule has 3 rings (SSSR count). The van der Waals surface area contributed by atoms with E-state index in [0.29, 0.717) is 16.7 Å². The van der Waals surface area contributed by atoms with Crippen LogP contribution >= 0.6 is 0 Å². The van der Waals surface area contributed by atoms with Gasteiger partial charge in [0.25, 0.3) is 5.91 Å². The van der Waals surface area contributed by atoms with E-state index in [9.17, 15) is 9.59 Å². The maximum absolute atomic E-state index is 12.7. The van der Waals surface area contributed by atoms with Gasteiger partial charge in [-0.3, -0.25) is 9.59 Å². The molecule has 0 aromatic heterocycles. The summed E-state index contributed by atoms with van der Waals surface area (Å²) in [5, 5.41) is 6.30. The summed E-state index contributed by atoms with van der Waals surface area (Å²) in [5.41, 5.74) is 1.47. The molecule has 4 heteroatoms. The molecule has 0 saturated carbocycles. The fraction of sp³-hybridized carbons (Fsp3) is 0.263. The van der Waals surface area contributed by atoms with Crippen molar-refractivity contribution in [3.05, 3.63) is 71.3 Å². The fourth-order valence-corrected chi connectivity index (χ4v) is 2.86. The van der Waals surface area contributed by atoms with E-state index in [2.05, 4.69) is 10.6 Å². The Morgan fingerprint density at radius 3 is 2.35 bits per heavy atom. The predicted molar refractivity (Wildman–Crippen MR) is 89.7 cm³/mol. The highest BCUT2D eigenvalue weighted by Gasteiger charge is 2.21. The van der Waals surface area contributed by atoms with Gasteiger partial charge in [-0.2, -0.15) is 0 Å². The van der Waals surface area contributed by atoms with Gasteiger partial charge in [0.1, 0.15) is 0 Å². The predicted octanol–water partition coefficient (Wildman–Crippen LogP) is 2.40. The first kappa shape index (κ1) is 15.4. The number of carbonyl (C=O) groups is 2. The first-order chi connectivity index (χ1) is 11.3. The van der Waals surface area contributed by atoms with Crippen molar-refractivity contribution in [2.45, 2.75) is 18.9 Å². The second-order valence-electron chi connectivity index (χ2n) is 5.76. The van der Waals surface area contributed by atoms with E-state index in [1.54, 1.807) is 36.4 Å². The molecule has 4 nitrogen and oxygen atoms in total. The average Bonchev–Trinajstić information content (AvgIpc) is 2.62. The smallest absolute Gasteiger partial charge is 0.252 e. The molecule has 0 spiro atoms. The van der Waals surface area contributed by atoms with Crippen LogP contribution in [0.4, 0.5) is 0 Å². The first-order valence-electron chi connectivity index (χ1n) is 7.96. The molecule has 1 fully saturated rings. The van der Waals surface area contributed by atoms with Crippen molar-refractivity contribution in [2.24, 2.45) is 0 Å². The molecule has 2 N–H and O–H groups in total. The highest BCUT2D eigenvalue weighted by Crippen LogP contribution is 2.15. The van der Waals surface area contributed by atoms with E-state index in [-0.39, 0.29) is 17.7 Å². The summed E-state index contributed by atoms with van der Waals surface area (Å²) in [6.45, 7) is 1.77. The number of hydrogen-bond donors (Lipinski definition) is 2. The third kappa shape index (κ3) is 3.66. The normalized spacial score (nSPS) is 17.5. The van der Waals surface area contributed by atoms with Crippen LogP contribution in [-0.4, -0.2) is 30.8 Å². The van der Waals surface area contributed by atoms with Crippen LogP contribution in [0.15, 0.2) is 54.6 Å². The third-order valence-corrected chi connectivity index (χ3v) is 4.08. The van der Waals surface area contributed by atoms with Gasteiger partial charge in [0.2, 0.25) is 0 Å². The summed E-state index contributed by atoms with van der Waals surface area (Å²) >= 11 is 0. The molecule has 1 atom stereocenters. The molecule has 1 aliphatic rings. The molecular formula is C19H20N2O2. The number of hydrogen-bond acceptors (Lipinski definition) is 3. The second-order valence-corrected chi connectivity index (χ2v) is 5.76. The maximum Gasteiger partial charge on any atom is 0.252 e. The molecule has 0 bridgehead atoms. The minimum absolute atomic E-state index is 0.121. The Morgan fingerprint density at radius 2 is 1.65 bits per heavy atom. The van der Waals surface area contributed by atoms with Crippen molar-refractivity contribution >= 4 is 11.7 Å². The van der Waals surface area contributed by atoms with Gasteiger partial charge in [-0.15, -0.1) is 0 Å². The zero-order chi connectivity index (χ0) is 16.1. The zero-order valence-electron chi connectivity index (χ0n) is 12.9. The summed E-state index contributed by atoms with van der Waals surface area (Å²) in [5.74, 6) is -0.309. The molecule has 23 heavy (non-hydrogen) atoms. The van der Waals surface area contributed by atoms with Crippen molar-refractivity contribution in [1.82, 2.24) is 10.6 Å². The first-order valence-corrected chi connectivity index (χ1v) is 7.96. The van der Waals surface area contributed by atoms with Crippen LogP contribution in [0.25, 0.3) is 0 Å². The van der Waals surface area contributed by atoms with Crippen LogP contribution < -0.4 is 10.6 Å². The average molecular weight is 308 g/mol. The van der Waals surface area contributed by atoms with Gasteiger partial charge in [-0.1, -0.05) is 48.5 Å². The molecule has 1 aliphatic heterocycles. The Labute approximate surface area is 135 Å². The number of ketones is 1. The summed E-state index contributed by atoms with van der Waals surface area (Å²) in [6, 6.07) is 16.2. The summed E-state index contributed by atoms with van der Waals surface area (Å²) in [6.07, 6.45) is 2.02. The summed E-state index contributed by atoms with van der Waals surface area (Å²) in [4.78, 5) is 25.2. The van der Waals surface area contributed by atoms with Crippen LogP contribution in [0.5, 0.6) is 0 Å². The van der Waals surface area contributed by atoms with Crippen LogP contribution in [0.2, 0.25) is 0 Å². The number of nitrogens with one attached hydrogen (secondary N) is 2. The molecule has 2 aromatic rings. The maximum atomic E-state index is 12.7. The molecule has 2 aromatic carbocycles. The van der Waals surface area contributed by atoms with Crippen LogP contribution in [0.1, 0.15) is 39.1 Å². The van der Waals surface area contributed by atoms with Crippen LogP contribution in [0, 0.1) is 0 Å².